The molecule has 8 heteroatoms. The van der Waals surface area contributed by atoms with Gasteiger partial charge in [-0.25, -0.2) is 4.79 Å². The zero-order valence-electron chi connectivity index (χ0n) is 5.25. The van der Waals surface area contributed by atoms with E-state index in [1.165, 1.54) is 0 Å². The molecule has 11 heavy (non-hydrogen) atoms. The van der Waals surface area contributed by atoms with Crippen LogP contribution in [0.2, 0.25) is 0 Å². The third-order valence-electron chi connectivity index (χ3n) is 0.749. The van der Waals surface area contributed by atoms with Crippen molar-refractivity contribution in [1.82, 2.24) is 0 Å². The molecule has 0 heterocycles. The van der Waals surface area contributed by atoms with Gasteiger partial charge in [0.2, 0.25) is 0 Å². The van der Waals surface area contributed by atoms with Gasteiger partial charge in [0.15, 0.2) is 0 Å². The van der Waals surface area contributed by atoms with E-state index < -0.39 is 22.2 Å². The van der Waals surface area contributed by atoms with Crippen LogP contribution in [0.4, 0.5) is 12.7 Å². The monoisotopic (exact) mass is 194 g/mol. The summed E-state index contributed by atoms with van der Waals surface area (Å²) in [6.07, 6.45) is 0. The molecule has 68 valence electrons. The van der Waals surface area contributed by atoms with Crippen LogP contribution >= 0.6 is 11.0 Å². The highest BCUT2D eigenvalue weighted by Gasteiger charge is 2.54. The van der Waals surface area contributed by atoms with Crippen LogP contribution in [-0.2, 0) is 9.53 Å². The second kappa shape index (κ2) is 2.88. The summed E-state index contributed by atoms with van der Waals surface area (Å²) < 4.78 is 54.7. The van der Waals surface area contributed by atoms with E-state index in [0.717, 1.165) is 0 Å². The van der Waals surface area contributed by atoms with Crippen LogP contribution in [0.25, 0.3) is 0 Å². The molecule has 0 aliphatic heterocycles. The zero-order valence-corrected chi connectivity index (χ0v) is 6.07. The Labute approximate surface area is 61.6 Å². The van der Waals surface area contributed by atoms with E-state index >= 15 is 0 Å². The molecule has 4 nitrogen and oxygen atoms in total. The number of carbonyl (C=O) groups is 1. The summed E-state index contributed by atoms with van der Waals surface area (Å²) >= 11 is 0. The van der Waals surface area contributed by atoms with Crippen molar-refractivity contribution in [1.29, 1.82) is 0 Å². The summed E-state index contributed by atoms with van der Waals surface area (Å²) in [6.45, 7) is 0. The number of hydrogen-bond acceptors (Lipinski definition) is 4. The Balaban J connectivity index is 4.59. The number of methoxy groups -OCH3 is 1. The number of esters is 1. The number of rotatable bonds is 2. The molecule has 0 aromatic carbocycles. The van der Waals surface area contributed by atoms with Crippen molar-refractivity contribution >= 4 is 16.9 Å². The summed E-state index contributed by atoms with van der Waals surface area (Å²) in [6, 6.07) is 0. The van der Waals surface area contributed by atoms with E-state index in [4.69, 9.17) is 9.11 Å². The van der Waals surface area contributed by atoms with E-state index in [0.29, 0.717) is 7.11 Å². The van der Waals surface area contributed by atoms with Gasteiger partial charge >= 0.3 is 11.2 Å². The third-order valence-corrected chi connectivity index (χ3v) is 1.57. The fraction of sp³-hybridized carbons (Fsp3) is 0.667. The lowest BCUT2D eigenvalue weighted by atomic mass is 10.7. The maximum absolute atomic E-state index is 12.0. The molecule has 0 amide bonds. The Bertz CT molecular complexity index is 164. The highest BCUT2D eigenvalue weighted by atomic mass is 32.3. The number of alkyl halides is 2. The Hall–Kier alpha value is -0.470. The van der Waals surface area contributed by atoms with E-state index in [2.05, 4.69) is 4.74 Å². The van der Waals surface area contributed by atoms with Crippen molar-refractivity contribution in [3.63, 3.8) is 0 Å². The van der Waals surface area contributed by atoms with Gasteiger partial charge in [-0.2, -0.15) is 8.78 Å². The van der Waals surface area contributed by atoms with Crippen LogP contribution in [-0.4, -0.2) is 27.4 Å². The van der Waals surface area contributed by atoms with Gasteiger partial charge in [-0.1, -0.05) is 3.89 Å². The van der Waals surface area contributed by atoms with Crippen LogP contribution < -0.4 is 0 Å². The first-order valence-corrected chi connectivity index (χ1v) is 3.62. The standard InChI is InChI=1S/C3H5F3O4S/c1-10-2(7)3(4,5)11(6,8)9/h8-9H,1H3. The minimum absolute atomic E-state index is 0.571. The van der Waals surface area contributed by atoms with E-state index in [1.807, 2.05) is 0 Å². The molecule has 0 bridgehead atoms. The van der Waals surface area contributed by atoms with Gasteiger partial charge in [0.1, 0.15) is 0 Å². The molecule has 0 aliphatic carbocycles. The first kappa shape index (κ1) is 10.5. The summed E-state index contributed by atoms with van der Waals surface area (Å²) in [7, 11) is -5.15. The molecule has 0 fully saturated rings. The fourth-order valence-electron chi connectivity index (χ4n) is 0.225. The minimum atomic E-state index is -5.72. The predicted octanol–water partition coefficient (Wildman–Crippen LogP) is 1.39. The molecule has 0 aromatic rings. The third kappa shape index (κ3) is 1.98. The molecule has 0 atom stereocenters. The summed E-state index contributed by atoms with van der Waals surface area (Å²) in [4.78, 5) is 9.97. The van der Waals surface area contributed by atoms with Crippen molar-refractivity contribution in [3.05, 3.63) is 0 Å². The largest absolute Gasteiger partial charge is 0.463 e. The SMILES string of the molecule is COC(=O)C(F)(F)S(O)(O)F. The van der Waals surface area contributed by atoms with E-state index in [9.17, 15) is 17.5 Å². The van der Waals surface area contributed by atoms with Gasteiger partial charge in [-0.05, 0) is 0 Å². The maximum atomic E-state index is 12.0. The topological polar surface area (TPSA) is 66.8 Å². The molecule has 0 unspecified atom stereocenters. The first-order chi connectivity index (χ1) is 4.73. The van der Waals surface area contributed by atoms with E-state index in [-0.39, 0.29) is 0 Å². The minimum Gasteiger partial charge on any atom is -0.463 e. The van der Waals surface area contributed by atoms with Gasteiger partial charge in [0, 0.05) is 11.0 Å². The zero-order chi connectivity index (χ0) is 9.28. The summed E-state index contributed by atoms with van der Waals surface area (Å²) in [5.41, 5.74) is 0. The molecule has 0 aromatic heterocycles. The molecule has 0 rings (SSSR count). The molecular weight excluding hydrogens is 189 g/mol. The quantitative estimate of drug-likeness (QED) is 0.652. The lowest BCUT2D eigenvalue weighted by molar-refractivity contribution is -0.158. The molecule has 2 N–H and O–H groups in total. The average Bonchev–Trinajstić information content (AvgIpc) is 1.83. The molecule has 0 aliphatic rings. The molecule has 0 radical (unpaired) electrons. The molecule has 0 saturated carbocycles. The second-order valence-corrected chi connectivity index (χ2v) is 2.96. The Morgan fingerprint density at radius 3 is 2.00 bits per heavy atom. The number of carbonyl (C=O) groups excluding carboxylic acids is 1. The fourth-order valence-corrected chi connectivity index (χ4v) is 0.520. The average molecular weight is 194 g/mol. The van der Waals surface area contributed by atoms with Crippen molar-refractivity contribution in [2.45, 2.75) is 5.25 Å². The highest BCUT2D eigenvalue weighted by Crippen LogP contribution is 2.56. The lowest BCUT2D eigenvalue weighted by Crippen LogP contribution is -2.33. The maximum Gasteiger partial charge on any atom is 0.461 e. The summed E-state index contributed by atoms with van der Waals surface area (Å²) in [5, 5.41) is -4.89. The Morgan fingerprint density at radius 2 is 1.91 bits per heavy atom. The van der Waals surface area contributed by atoms with Gasteiger partial charge in [0.05, 0.1) is 7.11 Å². The summed E-state index contributed by atoms with van der Waals surface area (Å²) in [5.74, 6) is -2.32. The van der Waals surface area contributed by atoms with Gasteiger partial charge in [-0.15, -0.1) is 0 Å². The van der Waals surface area contributed by atoms with E-state index in [1.54, 1.807) is 0 Å². The Kier molecular flexibility index (Phi) is 2.75. The normalized spacial score (nSPS) is 14.4. The van der Waals surface area contributed by atoms with Gasteiger partial charge in [0.25, 0.3) is 0 Å². The second-order valence-electron chi connectivity index (χ2n) is 1.49. The van der Waals surface area contributed by atoms with Crippen molar-refractivity contribution in [2.75, 3.05) is 7.11 Å². The van der Waals surface area contributed by atoms with Crippen LogP contribution in [0.1, 0.15) is 0 Å². The van der Waals surface area contributed by atoms with Crippen molar-refractivity contribution in [3.8, 4) is 0 Å². The van der Waals surface area contributed by atoms with Gasteiger partial charge < -0.3 is 4.74 Å². The molecule has 0 saturated heterocycles. The van der Waals surface area contributed by atoms with Gasteiger partial charge in [-0.3, -0.25) is 9.11 Å². The Morgan fingerprint density at radius 1 is 1.55 bits per heavy atom. The predicted molar refractivity (Wildman–Crippen MR) is 30.9 cm³/mol. The number of halogens is 3. The van der Waals surface area contributed by atoms with Crippen molar-refractivity contribution in [2.24, 2.45) is 0 Å². The number of ether oxygens (including phenoxy) is 1. The molecular formula is C3H5F3O4S. The number of hydrogen-bond donors (Lipinski definition) is 2. The van der Waals surface area contributed by atoms with Crippen LogP contribution in [0.15, 0.2) is 0 Å². The van der Waals surface area contributed by atoms with Crippen molar-refractivity contribution < 1.29 is 31.3 Å². The van der Waals surface area contributed by atoms with Crippen LogP contribution in [0.5, 0.6) is 0 Å². The lowest BCUT2D eigenvalue weighted by Gasteiger charge is -2.27. The molecule has 0 spiro atoms. The smallest absolute Gasteiger partial charge is 0.461 e. The van der Waals surface area contributed by atoms with Crippen LogP contribution in [0.3, 0.4) is 0 Å². The van der Waals surface area contributed by atoms with Crippen LogP contribution in [0, 0.1) is 0 Å². The first-order valence-electron chi connectivity index (χ1n) is 2.17. The highest BCUT2D eigenvalue weighted by molar-refractivity contribution is 8.21.